The summed E-state index contributed by atoms with van der Waals surface area (Å²) < 4.78 is 23.0. The summed E-state index contributed by atoms with van der Waals surface area (Å²) in [6.45, 7) is 1.87. The fraction of sp³-hybridized carbons (Fsp3) is 0.125. The van der Waals surface area contributed by atoms with Crippen LogP contribution in [0.25, 0.3) is 0 Å². The summed E-state index contributed by atoms with van der Waals surface area (Å²) in [6, 6.07) is 6.51. The number of benzene rings is 1. The van der Waals surface area contributed by atoms with Crippen LogP contribution < -0.4 is 0 Å². The van der Waals surface area contributed by atoms with Crippen LogP contribution in [0.4, 0.5) is 0 Å². The quantitative estimate of drug-likeness (QED) is 0.679. The maximum absolute atomic E-state index is 11.0. The Labute approximate surface area is 76.9 Å². The van der Waals surface area contributed by atoms with Crippen LogP contribution in [0.3, 0.4) is 0 Å². The third-order valence-corrected chi connectivity index (χ3v) is 1.77. The molecule has 0 aliphatic carbocycles. The second-order valence-corrected chi connectivity index (χ2v) is 3.10. The highest BCUT2D eigenvalue weighted by molar-refractivity contribution is 7.62. The minimum Gasteiger partial charge on any atom is -0.266 e. The van der Waals surface area contributed by atoms with Gasteiger partial charge in [0.25, 0.3) is 5.91 Å². The SMILES string of the molecule is Cc1ccc(C(=O)N=S(=O)=O)cc1. The number of carbonyl (C=O) groups is 1. The van der Waals surface area contributed by atoms with Crippen molar-refractivity contribution in [2.75, 3.05) is 0 Å². The zero-order valence-electron chi connectivity index (χ0n) is 6.89. The molecule has 0 unspecified atom stereocenters. The highest BCUT2D eigenvalue weighted by Gasteiger charge is 2.02. The molecule has 1 aromatic rings. The summed E-state index contributed by atoms with van der Waals surface area (Å²) in [5.41, 5.74) is 1.27. The van der Waals surface area contributed by atoms with E-state index in [1.165, 1.54) is 12.1 Å². The third-order valence-electron chi connectivity index (χ3n) is 1.46. The molecule has 0 saturated heterocycles. The Morgan fingerprint density at radius 3 is 2.23 bits per heavy atom. The first-order chi connectivity index (χ1) is 6.09. The highest BCUT2D eigenvalue weighted by atomic mass is 32.2. The predicted molar refractivity (Wildman–Crippen MR) is 46.9 cm³/mol. The van der Waals surface area contributed by atoms with Gasteiger partial charge in [0.2, 0.25) is 0 Å². The molecule has 5 heteroatoms. The van der Waals surface area contributed by atoms with Crippen molar-refractivity contribution in [1.82, 2.24) is 0 Å². The molecular formula is C8H7NO3S. The number of carbonyl (C=O) groups excluding carboxylic acids is 1. The molecule has 4 nitrogen and oxygen atoms in total. The molecule has 0 bridgehead atoms. The summed E-state index contributed by atoms with van der Waals surface area (Å²) in [7, 11) is -2.68. The Morgan fingerprint density at radius 1 is 1.23 bits per heavy atom. The minimum atomic E-state index is -2.68. The normalized spacial score (nSPS) is 9.31. The van der Waals surface area contributed by atoms with Crippen molar-refractivity contribution >= 4 is 16.4 Å². The molecule has 0 fully saturated rings. The molecule has 0 aliphatic rings. The molecule has 1 aromatic carbocycles. The van der Waals surface area contributed by atoms with E-state index in [9.17, 15) is 13.2 Å². The fourth-order valence-corrected chi connectivity index (χ4v) is 1.06. The lowest BCUT2D eigenvalue weighted by Crippen LogP contribution is -1.93. The number of hydrogen-bond donors (Lipinski definition) is 0. The van der Waals surface area contributed by atoms with Gasteiger partial charge in [0.1, 0.15) is 0 Å². The average molecular weight is 197 g/mol. The van der Waals surface area contributed by atoms with Gasteiger partial charge in [-0.05, 0) is 19.1 Å². The van der Waals surface area contributed by atoms with Crippen LogP contribution in [-0.4, -0.2) is 14.3 Å². The number of nitrogens with zero attached hydrogens (tertiary/aromatic N) is 1. The van der Waals surface area contributed by atoms with E-state index < -0.39 is 16.4 Å². The van der Waals surface area contributed by atoms with Crippen LogP contribution in [0.2, 0.25) is 0 Å². The zero-order valence-corrected chi connectivity index (χ0v) is 7.71. The van der Waals surface area contributed by atoms with Crippen LogP contribution in [0, 0.1) is 6.92 Å². The molecule has 0 aromatic heterocycles. The number of hydrogen-bond acceptors (Lipinski definition) is 3. The van der Waals surface area contributed by atoms with Gasteiger partial charge in [-0.1, -0.05) is 22.1 Å². The van der Waals surface area contributed by atoms with Gasteiger partial charge in [-0.25, -0.2) is 0 Å². The van der Waals surface area contributed by atoms with E-state index in [1.807, 2.05) is 6.92 Å². The molecule has 1 rings (SSSR count). The predicted octanol–water partition coefficient (Wildman–Crippen LogP) is 1.20. The van der Waals surface area contributed by atoms with Crippen molar-refractivity contribution in [1.29, 1.82) is 0 Å². The van der Waals surface area contributed by atoms with Crippen molar-refractivity contribution in [3.8, 4) is 0 Å². The number of aryl methyl sites for hydroxylation is 1. The van der Waals surface area contributed by atoms with E-state index in [4.69, 9.17) is 0 Å². The molecule has 13 heavy (non-hydrogen) atoms. The lowest BCUT2D eigenvalue weighted by atomic mass is 10.1. The first-order valence-corrected chi connectivity index (χ1v) is 4.55. The molecule has 0 radical (unpaired) electrons. The Hall–Kier alpha value is -1.49. The first-order valence-electron chi connectivity index (χ1n) is 3.52. The maximum atomic E-state index is 11.0. The van der Waals surface area contributed by atoms with Gasteiger partial charge in [0.05, 0.1) is 0 Å². The van der Waals surface area contributed by atoms with Gasteiger partial charge in [-0.15, -0.1) is 0 Å². The Morgan fingerprint density at radius 2 is 1.77 bits per heavy atom. The van der Waals surface area contributed by atoms with Crippen LogP contribution >= 0.6 is 0 Å². The summed E-state index contributed by atoms with van der Waals surface area (Å²) in [6.07, 6.45) is 0. The standard InChI is InChI=1S/C8H7NO3S/c1-6-2-4-7(5-3-6)8(10)9-13(11)12/h2-5H,1H3. The highest BCUT2D eigenvalue weighted by Crippen LogP contribution is 2.04. The average Bonchev–Trinajstić information content (AvgIpc) is 2.04. The molecular weight excluding hydrogens is 190 g/mol. The van der Waals surface area contributed by atoms with Crippen molar-refractivity contribution in [2.45, 2.75) is 6.92 Å². The van der Waals surface area contributed by atoms with E-state index in [2.05, 4.69) is 4.36 Å². The van der Waals surface area contributed by atoms with E-state index >= 15 is 0 Å². The van der Waals surface area contributed by atoms with Crippen molar-refractivity contribution in [2.24, 2.45) is 4.36 Å². The molecule has 68 valence electrons. The molecule has 0 atom stereocenters. The molecule has 0 spiro atoms. The summed E-state index contributed by atoms with van der Waals surface area (Å²) in [5, 5.41) is 0. The Kier molecular flexibility index (Phi) is 2.92. The van der Waals surface area contributed by atoms with Crippen LogP contribution in [0.1, 0.15) is 15.9 Å². The fourth-order valence-electron chi connectivity index (χ4n) is 0.817. The second-order valence-electron chi connectivity index (χ2n) is 2.48. The lowest BCUT2D eigenvalue weighted by Gasteiger charge is -1.93. The smallest absolute Gasteiger partial charge is 0.266 e. The van der Waals surface area contributed by atoms with Gasteiger partial charge in [0, 0.05) is 5.56 Å². The van der Waals surface area contributed by atoms with Crippen molar-refractivity contribution in [3.05, 3.63) is 35.4 Å². The summed E-state index contributed by atoms with van der Waals surface area (Å²) >= 11 is 0. The third kappa shape index (κ3) is 2.79. The number of amides is 1. The zero-order chi connectivity index (χ0) is 9.84. The molecule has 0 heterocycles. The topological polar surface area (TPSA) is 63.6 Å². The van der Waals surface area contributed by atoms with Crippen molar-refractivity contribution in [3.63, 3.8) is 0 Å². The second kappa shape index (κ2) is 3.95. The van der Waals surface area contributed by atoms with Crippen LogP contribution in [0.15, 0.2) is 28.6 Å². The molecule has 1 amide bonds. The van der Waals surface area contributed by atoms with E-state index in [-0.39, 0.29) is 5.56 Å². The van der Waals surface area contributed by atoms with Gasteiger partial charge >= 0.3 is 10.5 Å². The summed E-state index contributed by atoms with van der Waals surface area (Å²) in [4.78, 5) is 11.0. The van der Waals surface area contributed by atoms with Gasteiger partial charge in [-0.2, -0.15) is 8.42 Å². The van der Waals surface area contributed by atoms with Gasteiger partial charge < -0.3 is 0 Å². The van der Waals surface area contributed by atoms with Crippen LogP contribution in [-0.2, 0) is 10.5 Å². The molecule has 0 N–H and O–H groups in total. The van der Waals surface area contributed by atoms with E-state index in [0.29, 0.717) is 0 Å². The Balaban J connectivity index is 3.04. The largest absolute Gasteiger partial charge is 0.319 e. The lowest BCUT2D eigenvalue weighted by molar-refractivity contribution is 0.100. The van der Waals surface area contributed by atoms with E-state index in [0.717, 1.165) is 5.56 Å². The first kappa shape index (κ1) is 9.60. The minimum absolute atomic E-state index is 0.273. The molecule has 0 aliphatic heterocycles. The molecule has 0 saturated carbocycles. The Bertz CT molecular complexity index is 437. The van der Waals surface area contributed by atoms with Gasteiger partial charge in [0.15, 0.2) is 0 Å². The monoisotopic (exact) mass is 197 g/mol. The number of rotatable bonds is 1. The van der Waals surface area contributed by atoms with Crippen LogP contribution in [0.5, 0.6) is 0 Å². The maximum Gasteiger partial charge on any atom is 0.319 e. The van der Waals surface area contributed by atoms with Gasteiger partial charge in [-0.3, -0.25) is 4.79 Å². The summed E-state index contributed by atoms with van der Waals surface area (Å²) in [5.74, 6) is -0.742. The van der Waals surface area contributed by atoms with E-state index in [1.54, 1.807) is 12.1 Å². The van der Waals surface area contributed by atoms with Crippen molar-refractivity contribution < 1.29 is 13.2 Å².